The zero-order valence-corrected chi connectivity index (χ0v) is 18.7. The van der Waals surface area contributed by atoms with Gasteiger partial charge in [-0.05, 0) is 99.3 Å². The van der Waals surface area contributed by atoms with E-state index in [0.717, 1.165) is 37.1 Å². The van der Waals surface area contributed by atoms with E-state index in [1.54, 1.807) is 0 Å². The van der Waals surface area contributed by atoms with Crippen LogP contribution in [0.3, 0.4) is 0 Å². The third-order valence-corrected chi connectivity index (χ3v) is 9.73. The predicted octanol–water partition coefficient (Wildman–Crippen LogP) is 4.60. The fourth-order valence-corrected chi connectivity index (χ4v) is 9.07. The maximum absolute atomic E-state index is 13.3. The Balaban J connectivity index is 1.09. The van der Waals surface area contributed by atoms with Crippen LogP contribution in [0.25, 0.3) is 10.9 Å². The van der Waals surface area contributed by atoms with Gasteiger partial charge in [-0.2, -0.15) is 0 Å². The quantitative estimate of drug-likeness (QED) is 0.767. The number of amides is 1. The maximum atomic E-state index is 13.3. The number of hydrogen-bond donors (Lipinski definition) is 2. The van der Waals surface area contributed by atoms with E-state index in [2.05, 4.69) is 46.6 Å². The molecular weight excluding hydrogens is 382 g/mol. The molecule has 1 amide bonds. The summed E-state index contributed by atoms with van der Waals surface area (Å²) in [5.41, 5.74) is 4.39. The highest BCUT2D eigenvalue weighted by Crippen LogP contribution is 2.55. The standard InChI is InChI=1S/C27H35N3O/c1-30-15-19(8-22-21-3-2-4-23-26(21)20(14-28-23)10-24(22)30)9-25(31)29-27-11-16-5-17(12-27)7-18(6-16)13-27/h2-4,14,16-19,22,24,28H,5-13,15H2,1H3,(H,29,31)/t16?,17?,18?,19?,22-,24-,27?/m0/s1. The number of carbonyl (C=O) groups excluding carboxylic acids is 1. The van der Waals surface area contributed by atoms with Gasteiger partial charge in [-0.1, -0.05) is 12.1 Å². The Morgan fingerprint density at radius 3 is 2.61 bits per heavy atom. The van der Waals surface area contributed by atoms with Gasteiger partial charge >= 0.3 is 0 Å². The maximum Gasteiger partial charge on any atom is 0.220 e. The average Bonchev–Trinajstić information content (AvgIpc) is 3.12. The molecule has 2 heterocycles. The predicted molar refractivity (Wildman–Crippen MR) is 123 cm³/mol. The number of piperidine rings is 1. The molecule has 5 aliphatic carbocycles. The van der Waals surface area contributed by atoms with Crippen molar-refractivity contribution >= 4 is 16.8 Å². The molecule has 4 bridgehead atoms. The second-order valence-electron chi connectivity index (χ2n) is 12.0. The topological polar surface area (TPSA) is 48.1 Å². The zero-order chi connectivity index (χ0) is 20.7. The average molecular weight is 418 g/mol. The monoisotopic (exact) mass is 417 g/mol. The van der Waals surface area contributed by atoms with Gasteiger partial charge in [0.1, 0.15) is 0 Å². The number of nitrogens with zero attached hydrogens (tertiary/aromatic N) is 1. The summed E-state index contributed by atoms with van der Waals surface area (Å²) in [5, 5.41) is 5.08. The number of benzene rings is 1. The number of fused-ring (bicyclic) bond motifs is 2. The van der Waals surface area contributed by atoms with Crippen molar-refractivity contribution in [2.24, 2.45) is 23.7 Å². The van der Waals surface area contributed by atoms with Crippen LogP contribution in [0.1, 0.15) is 68.4 Å². The lowest BCUT2D eigenvalue weighted by Gasteiger charge is -2.57. The summed E-state index contributed by atoms with van der Waals surface area (Å²) in [6.45, 7) is 1.05. The number of likely N-dealkylation sites (N-methyl/N-ethyl adjacent to an activating group) is 1. The number of hydrogen-bond acceptors (Lipinski definition) is 2. The highest BCUT2D eigenvalue weighted by atomic mass is 16.1. The number of nitrogens with one attached hydrogen (secondary N) is 2. The molecular formula is C27H35N3O. The van der Waals surface area contributed by atoms with Gasteiger partial charge in [-0.15, -0.1) is 0 Å². The minimum absolute atomic E-state index is 0.144. The van der Waals surface area contributed by atoms with Gasteiger partial charge in [0.05, 0.1) is 0 Å². The van der Waals surface area contributed by atoms with Crippen molar-refractivity contribution in [1.82, 2.24) is 15.2 Å². The van der Waals surface area contributed by atoms with E-state index in [-0.39, 0.29) is 5.54 Å². The first-order valence-corrected chi connectivity index (χ1v) is 12.7. The van der Waals surface area contributed by atoms with E-state index >= 15 is 0 Å². The van der Waals surface area contributed by atoms with Crippen molar-refractivity contribution < 1.29 is 4.79 Å². The van der Waals surface area contributed by atoms with Crippen LogP contribution >= 0.6 is 0 Å². The molecule has 1 saturated heterocycles. The first kappa shape index (κ1) is 18.7. The Bertz CT molecular complexity index is 1000. The summed E-state index contributed by atoms with van der Waals surface area (Å²) < 4.78 is 0. The van der Waals surface area contributed by atoms with Gasteiger partial charge < -0.3 is 15.2 Å². The number of carbonyl (C=O) groups is 1. The van der Waals surface area contributed by atoms with Gasteiger partial charge in [0.15, 0.2) is 0 Å². The van der Waals surface area contributed by atoms with Gasteiger partial charge in [0.25, 0.3) is 0 Å². The van der Waals surface area contributed by atoms with Crippen molar-refractivity contribution in [1.29, 1.82) is 0 Å². The van der Waals surface area contributed by atoms with E-state index in [0.29, 0.717) is 30.2 Å². The lowest BCUT2D eigenvalue weighted by molar-refractivity contribution is -0.128. The highest BCUT2D eigenvalue weighted by Gasteiger charge is 2.51. The van der Waals surface area contributed by atoms with Crippen LogP contribution in [0, 0.1) is 23.7 Å². The summed E-state index contributed by atoms with van der Waals surface area (Å²) in [5.74, 6) is 3.97. The first-order valence-electron chi connectivity index (χ1n) is 12.7. The Morgan fingerprint density at radius 1 is 1.13 bits per heavy atom. The Hall–Kier alpha value is -1.81. The van der Waals surface area contributed by atoms with Crippen molar-refractivity contribution in [2.45, 2.75) is 75.3 Å². The summed E-state index contributed by atoms with van der Waals surface area (Å²) >= 11 is 0. The number of H-pyrrole nitrogens is 1. The SMILES string of the molecule is CN1CC(CC(=O)NC23CC4CC(CC(C4)C2)C3)C[C@H]2c3cccc4[nH]cc(c34)C[C@@H]21. The molecule has 5 fully saturated rings. The van der Waals surface area contributed by atoms with Crippen LogP contribution in [0.4, 0.5) is 0 Å². The van der Waals surface area contributed by atoms with Gasteiger partial charge in [-0.25, -0.2) is 0 Å². The molecule has 1 unspecified atom stereocenters. The molecule has 1 aliphatic heterocycles. The first-order chi connectivity index (χ1) is 15.1. The Morgan fingerprint density at radius 2 is 1.87 bits per heavy atom. The minimum Gasteiger partial charge on any atom is -0.361 e. The molecule has 4 saturated carbocycles. The van der Waals surface area contributed by atoms with Crippen molar-refractivity contribution in [3.63, 3.8) is 0 Å². The molecule has 1 aromatic heterocycles. The van der Waals surface area contributed by atoms with Crippen LogP contribution in [-0.4, -0.2) is 41.0 Å². The Labute approximate surface area is 185 Å². The molecule has 6 aliphatic rings. The lowest BCUT2D eigenvalue weighted by Crippen LogP contribution is -2.60. The zero-order valence-electron chi connectivity index (χ0n) is 18.7. The fraction of sp³-hybridized carbons (Fsp3) is 0.667. The minimum atomic E-state index is 0.144. The molecule has 1 aromatic carbocycles. The largest absolute Gasteiger partial charge is 0.361 e. The molecule has 8 rings (SSSR count). The summed E-state index contributed by atoms with van der Waals surface area (Å²) in [4.78, 5) is 19.3. The van der Waals surface area contributed by atoms with Gasteiger partial charge in [0.2, 0.25) is 5.91 Å². The van der Waals surface area contributed by atoms with Crippen molar-refractivity contribution in [3.8, 4) is 0 Å². The highest BCUT2D eigenvalue weighted by molar-refractivity contribution is 5.88. The second kappa shape index (κ2) is 6.60. The number of likely N-dealkylation sites (tertiary alicyclic amines) is 1. The third-order valence-electron chi connectivity index (χ3n) is 9.73. The Kier molecular flexibility index (Phi) is 3.99. The van der Waals surface area contributed by atoms with Gasteiger partial charge in [-0.3, -0.25) is 4.79 Å². The molecule has 0 radical (unpaired) electrons. The van der Waals surface area contributed by atoms with E-state index in [1.807, 2.05) is 0 Å². The molecule has 0 spiro atoms. The van der Waals surface area contributed by atoms with Crippen molar-refractivity contribution in [3.05, 3.63) is 35.5 Å². The van der Waals surface area contributed by atoms with Crippen LogP contribution in [-0.2, 0) is 11.2 Å². The molecule has 2 N–H and O–H groups in total. The van der Waals surface area contributed by atoms with E-state index in [9.17, 15) is 4.79 Å². The van der Waals surface area contributed by atoms with Crippen LogP contribution in [0.2, 0.25) is 0 Å². The second-order valence-corrected chi connectivity index (χ2v) is 12.0. The molecule has 3 atom stereocenters. The van der Waals surface area contributed by atoms with Gasteiger partial charge in [0, 0.05) is 47.6 Å². The lowest BCUT2D eigenvalue weighted by atomic mass is 9.53. The number of aromatic nitrogens is 1. The number of aromatic amines is 1. The molecule has 4 nitrogen and oxygen atoms in total. The van der Waals surface area contributed by atoms with Crippen LogP contribution < -0.4 is 5.32 Å². The molecule has 31 heavy (non-hydrogen) atoms. The van der Waals surface area contributed by atoms with E-state index in [1.165, 1.54) is 60.6 Å². The summed E-state index contributed by atoms with van der Waals surface area (Å²) in [6, 6.07) is 7.30. The molecule has 164 valence electrons. The summed E-state index contributed by atoms with van der Waals surface area (Å²) in [6.07, 6.45) is 13.2. The van der Waals surface area contributed by atoms with E-state index in [4.69, 9.17) is 0 Å². The smallest absolute Gasteiger partial charge is 0.220 e. The van der Waals surface area contributed by atoms with Crippen molar-refractivity contribution in [2.75, 3.05) is 13.6 Å². The molecule has 4 heteroatoms. The molecule has 2 aromatic rings. The summed E-state index contributed by atoms with van der Waals surface area (Å²) in [7, 11) is 2.28. The van der Waals surface area contributed by atoms with Crippen LogP contribution in [0.5, 0.6) is 0 Å². The normalized spacial score (nSPS) is 40.8. The van der Waals surface area contributed by atoms with Crippen LogP contribution in [0.15, 0.2) is 24.4 Å². The fourth-order valence-electron chi connectivity index (χ4n) is 9.07. The van der Waals surface area contributed by atoms with E-state index < -0.39 is 0 Å². The number of rotatable bonds is 3. The third kappa shape index (κ3) is 2.93.